The molecule has 0 aromatic rings. The van der Waals surface area contributed by atoms with E-state index in [1.807, 2.05) is 0 Å². The van der Waals surface area contributed by atoms with Gasteiger partial charge in [0.05, 0.1) is 0 Å². The maximum atomic E-state index is 2.17. The molecule has 100 valence electrons. The zero-order valence-electron chi connectivity index (χ0n) is 10.4. The van der Waals surface area contributed by atoms with Gasteiger partial charge in [-0.1, -0.05) is 14.9 Å². The molecular formula is C12H34ArN2. The Bertz CT molecular complexity index is 67.6. The van der Waals surface area contributed by atoms with Crippen molar-refractivity contribution in [2.45, 2.75) is 54.6 Å². The third-order valence-electron chi connectivity index (χ3n) is 2.07. The zero-order valence-corrected chi connectivity index (χ0v) is 11.1. The molecule has 0 aliphatic carbocycles. The fourth-order valence-electron chi connectivity index (χ4n) is 0. The molecule has 0 heterocycles. The third kappa shape index (κ3) is 31.3. The van der Waals surface area contributed by atoms with Gasteiger partial charge in [-0.2, -0.15) is 0 Å². The van der Waals surface area contributed by atoms with Gasteiger partial charge in [-0.15, -0.1) is 0 Å². The Morgan fingerprint density at radius 3 is 0.667 bits per heavy atom. The standard InChI is InChI=1S/2C5H13N.2CH4.Ar/c2*1-5(2)6(3)4;;;/h2*5H,1-4H3;2*1H4;. The first-order valence-corrected chi connectivity index (χ1v) is 4.61. The second-order valence-electron chi connectivity index (χ2n) is 4.11. The van der Waals surface area contributed by atoms with Gasteiger partial charge in [-0.05, 0) is 55.9 Å². The molecule has 0 rings (SSSR count). The van der Waals surface area contributed by atoms with Gasteiger partial charge in [0.1, 0.15) is 0 Å². The summed E-state index contributed by atoms with van der Waals surface area (Å²) in [6, 6.07) is 1.37. The van der Waals surface area contributed by atoms with Crippen molar-refractivity contribution in [1.29, 1.82) is 0 Å². The van der Waals surface area contributed by atoms with Crippen molar-refractivity contribution in [3.05, 3.63) is 0 Å². The van der Waals surface area contributed by atoms with Crippen LogP contribution in [0.15, 0.2) is 0 Å². The van der Waals surface area contributed by atoms with E-state index in [0.29, 0.717) is 12.1 Å². The van der Waals surface area contributed by atoms with E-state index in [1.54, 1.807) is 0 Å². The van der Waals surface area contributed by atoms with Gasteiger partial charge < -0.3 is 9.80 Å². The van der Waals surface area contributed by atoms with Crippen LogP contribution in [0.25, 0.3) is 0 Å². The molecule has 0 aromatic carbocycles. The van der Waals surface area contributed by atoms with Crippen molar-refractivity contribution in [2.75, 3.05) is 28.2 Å². The smallest absolute Gasteiger partial charge is 0.00324 e. The maximum Gasteiger partial charge on any atom is 0.00324 e. The maximum absolute atomic E-state index is 2.17. The van der Waals surface area contributed by atoms with E-state index in [4.69, 9.17) is 0 Å². The molecule has 0 N–H and O–H groups in total. The average Bonchev–Trinajstić information content (AvgIpc) is 1.88. The fourth-order valence-corrected chi connectivity index (χ4v) is 0. The summed E-state index contributed by atoms with van der Waals surface area (Å²) < 4.78 is 0. The van der Waals surface area contributed by atoms with E-state index in [9.17, 15) is 0 Å². The van der Waals surface area contributed by atoms with Crippen molar-refractivity contribution in [3.8, 4) is 0 Å². The van der Waals surface area contributed by atoms with E-state index in [-0.39, 0.29) is 52.6 Å². The number of hydrogen-bond donors (Lipinski definition) is 0. The molecule has 0 aliphatic rings. The van der Waals surface area contributed by atoms with E-state index < -0.39 is 0 Å². The van der Waals surface area contributed by atoms with Crippen LogP contribution in [0.2, 0.25) is 0 Å². The molecule has 15 heavy (non-hydrogen) atoms. The van der Waals surface area contributed by atoms with Crippen LogP contribution in [0, 0.1) is 37.7 Å². The van der Waals surface area contributed by atoms with Crippen molar-refractivity contribution >= 4 is 0 Å². The Hall–Kier alpha value is 1.18. The van der Waals surface area contributed by atoms with Crippen LogP contribution >= 0.6 is 0 Å². The number of nitrogens with zero attached hydrogens (tertiary/aromatic N) is 2. The third-order valence-corrected chi connectivity index (χ3v) is 2.07. The van der Waals surface area contributed by atoms with Crippen molar-refractivity contribution in [2.24, 2.45) is 0 Å². The molecule has 0 atom stereocenters. The summed E-state index contributed by atoms with van der Waals surface area (Å²) in [6.45, 7) is 8.67. The van der Waals surface area contributed by atoms with Crippen LogP contribution in [-0.2, 0) is 0 Å². The van der Waals surface area contributed by atoms with Gasteiger partial charge in [0, 0.05) is 49.8 Å². The average molecular weight is 246 g/mol. The molecule has 0 amide bonds. The van der Waals surface area contributed by atoms with Crippen LogP contribution in [0.4, 0.5) is 0 Å². The van der Waals surface area contributed by atoms with Gasteiger partial charge >= 0.3 is 0 Å². The van der Waals surface area contributed by atoms with Crippen LogP contribution in [0.5, 0.6) is 0 Å². The van der Waals surface area contributed by atoms with Gasteiger partial charge in [0.2, 0.25) is 0 Å². The van der Waals surface area contributed by atoms with Crippen molar-refractivity contribution < 1.29 is 37.7 Å². The van der Waals surface area contributed by atoms with Gasteiger partial charge in [-0.25, -0.2) is 0 Å². The predicted octanol–water partition coefficient (Wildman–Crippen LogP) is 3.19. The van der Waals surface area contributed by atoms with E-state index in [0.717, 1.165) is 0 Å². The van der Waals surface area contributed by atoms with Gasteiger partial charge in [-0.3, -0.25) is 0 Å². The second kappa shape index (κ2) is 17.6. The SMILES string of the molecule is C.C.CC(C)N(C)C.CC(C)N(C)C.[Ar]. The predicted molar refractivity (Wildman–Crippen MR) is 71.1 cm³/mol. The van der Waals surface area contributed by atoms with E-state index in [1.165, 1.54) is 0 Å². The first kappa shape index (κ1) is 29.8. The summed E-state index contributed by atoms with van der Waals surface area (Å²) in [4.78, 5) is 4.33. The quantitative estimate of drug-likeness (QED) is 0.738. The summed E-state index contributed by atoms with van der Waals surface area (Å²) in [5, 5.41) is 0. The molecular weight excluding hydrogens is 212 g/mol. The van der Waals surface area contributed by atoms with Crippen LogP contribution in [0.3, 0.4) is 0 Å². The van der Waals surface area contributed by atoms with E-state index >= 15 is 0 Å². The first-order chi connectivity index (χ1) is 5.29. The summed E-state index contributed by atoms with van der Waals surface area (Å²) in [5.74, 6) is 0. The molecule has 0 saturated carbocycles. The molecule has 0 fully saturated rings. The number of rotatable bonds is 2. The number of hydrogen-bond acceptors (Lipinski definition) is 2. The molecule has 0 unspecified atom stereocenters. The van der Waals surface area contributed by atoms with Gasteiger partial charge in [0.15, 0.2) is 0 Å². The molecule has 0 aliphatic heterocycles. The largest absolute Gasteiger partial charge is 0.307 e. The van der Waals surface area contributed by atoms with Crippen LogP contribution < -0.4 is 0 Å². The molecule has 0 spiro atoms. The minimum Gasteiger partial charge on any atom is -0.307 e. The molecule has 2 nitrogen and oxygen atoms in total. The first-order valence-electron chi connectivity index (χ1n) is 4.61. The normalized spacial score (nSPS) is 8.80. The summed E-state index contributed by atoms with van der Waals surface area (Å²) in [6.07, 6.45) is 0. The molecule has 0 saturated heterocycles. The Labute approximate surface area is 129 Å². The van der Waals surface area contributed by atoms with Crippen LogP contribution in [-0.4, -0.2) is 50.1 Å². The summed E-state index contributed by atoms with van der Waals surface area (Å²) >= 11 is 0. The fraction of sp³-hybridized carbons (Fsp3) is 1.00. The summed E-state index contributed by atoms with van der Waals surface area (Å²) in [5.41, 5.74) is 0. The molecule has 0 radical (unpaired) electrons. The monoisotopic (exact) mass is 246 g/mol. The minimum absolute atomic E-state index is 0. The minimum atomic E-state index is 0. The molecule has 3 heteroatoms. The van der Waals surface area contributed by atoms with Crippen molar-refractivity contribution in [3.63, 3.8) is 0 Å². The molecule has 0 aromatic heterocycles. The molecule has 0 bridgehead atoms. The Morgan fingerprint density at radius 2 is 0.667 bits per heavy atom. The Kier molecular flexibility index (Phi) is 34.9. The van der Waals surface area contributed by atoms with E-state index in [2.05, 4.69) is 65.7 Å². The Morgan fingerprint density at radius 1 is 0.600 bits per heavy atom. The van der Waals surface area contributed by atoms with Crippen LogP contribution in [0.1, 0.15) is 42.5 Å². The summed E-state index contributed by atoms with van der Waals surface area (Å²) in [7, 11) is 8.30. The van der Waals surface area contributed by atoms with Crippen molar-refractivity contribution in [1.82, 2.24) is 9.80 Å². The zero-order chi connectivity index (χ0) is 10.3. The topological polar surface area (TPSA) is 6.48 Å². The Balaban J connectivity index is -0.0000000370. The van der Waals surface area contributed by atoms with Gasteiger partial charge in [0.25, 0.3) is 0 Å². The second-order valence-corrected chi connectivity index (χ2v) is 4.11.